The van der Waals surface area contributed by atoms with E-state index >= 15 is 0 Å². The minimum atomic E-state index is -0.621. The van der Waals surface area contributed by atoms with Crippen LogP contribution in [0.5, 0.6) is 11.5 Å². The van der Waals surface area contributed by atoms with Crippen molar-refractivity contribution in [2.45, 2.75) is 50.8 Å². The van der Waals surface area contributed by atoms with Crippen molar-refractivity contribution < 1.29 is 33.0 Å². The molecule has 242 valence electrons. The third-order valence-corrected chi connectivity index (χ3v) is 8.70. The van der Waals surface area contributed by atoms with Gasteiger partial charge in [0.25, 0.3) is 0 Å². The number of rotatable bonds is 13. The van der Waals surface area contributed by atoms with Gasteiger partial charge in [-0.3, -0.25) is 9.59 Å². The molecule has 0 saturated carbocycles. The topological polar surface area (TPSA) is 100 Å². The van der Waals surface area contributed by atoms with Gasteiger partial charge in [0.1, 0.15) is 5.52 Å². The molecular weight excluding hydrogens is 596 g/mol. The summed E-state index contributed by atoms with van der Waals surface area (Å²) in [6.07, 6.45) is 3.87. The molecule has 0 spiro atoms. The first-order valence-electron chi connectivity index (χ1n) is 15.7. The van der Waals surface area contributed by atoms with Crippen LogP contribution in [0.25, 0.3) is 27.9 Å². The van der Waals surface area contributed by atoms with Gasteiger partial charge in [0, 0.05) is 25.6 Å². The average Bonchev–Trinajstić information content (AvgIpc) is 3.74. The molecule has 1 aliphatic heterocycles. The summed E-state index contributed by atoms with van der Waals surface area (Å²) in [4.78, 5) is 32.8. The van der Waals surface area contributed by atoms with E-state index in [-0.39, 0.29) is 37.5 Å². The molecule has 0 fully saturated rings. The summed E-state index contributed by atoms with van der Waals surface area (Å²) in [5.41, 5.74) is 3.51. The van der Waals surface area contributed by atoms with Crippen LogP contribution < -0.4 is 9.47 Å². The lowest BCUT2D eigenvalue weighted by atomic mass is 9.87. The SMILES string of the molecule is COC(=O)CC(CC(=O)N(Cc1ccc2ccccc2c1)C(C)C(CC=Cc1nc2ccccc2o1)c1ccc2c(c1)OCO2)OC. The average molecular weight is 635 g/mol. The number of oxazole rings is 1. The predicted octanol–water partition coefficient (Wildman–Crippen LogP) is 7.28. The maximum atomic E-state index is 14.2. The van der Waals surface area contributed by atoms with Crippen LogP contribution in [0.4, 0.5) is 0 Å². The van der Waals surface area contributed by atoms with E-state index in [1.54, 1.807) is 0 Å². The summed E-state index contributed by atoms with van der Waals surface area (Å²) >= 11 is 0. The lowest BCUT2D eigenvalue weighted by Gasteiger charge is -2.36. The summed E-state index contributed by atoms with van der Waals surface area (Å²) in [6.45, 7) is 2.60. The van der Waals surface area contributed by atoms with Gasteiger partial charge in [-0.2, -0.15) is 0 Å². The van der Waals surface area contributed by atoms with Crippen molar-refractivity contribution >= 4 is 39.8 Å². The van der Waals surface area contributed by atoms with Gasteiger partial charge in [-0.15, -0.1) is 0 Å². The van der Waals surface area contributed by atoms with Crippen molar-refractivity contribution in [2.24, 2.45) is 0 Å². The zero-order valence-corrected chi connectivity index (χ0v) is 26.8. The number of hydrogen-bond donors (Lipinski definition) is 0. The van der Waals surface area contributed by atoms with E-state index in [4.69, 9.17) is 23.4 Å². The number of fused-ring (bicyclic) bond motifs is 3. The molecule has 6 rings (SSSR count). The molecule has 9 nitrogen and oxygen atoms in total. The highest BCUT2D eigenvalue weighted by atomic mass is 16.7. The molecule has 0 radical (unpaired) electrons. The summed E-state index contributed by atoms with van der Waals surface area (Å²) in [5.74, 6) is 1.18. The van der Waals surface area contributed by atoms with E-state index < -0.39 is 12.1 Å². The minimum Gasteiger partial charge on any atom is -0.469 e. The number of carbonyl (C=O) groups is 2. The Bertz CT molecular complexity index is 1860. The van der Waals surface area contributed by atoms with Crippen molar-refractivity contribution in [3.8, 4) is 11.5 Å². The van der Waals surface area contributed by atoms with Crippen molar-refractivity contribution in [3.63, 3.8) is 0 Å². The van der Waals surface area contributed by atoms with Crippen LogP contribution >= 0.6 is 0 Å². The molecular formula is C38H38N2O7. The number of carbonyl (C=O) groups excluding carboxylic acids is 2. The third kappa shape index (κ3) is 7.47. The van der Waals surface area contributed by atoms with Crippen molar-refractivity contribution in [3.05, 3.63) is 108 Å². The first-order chi connectivity index (χ1) is 22.9. The molecule has 3 atom stereocenters. The van der Waals surface area contributed by atoms with Gasteiger partial charge >= 0.3 is 5.97 Å². The van der Waals surface area contributed by atoms with Gasteiger partial charge in [-0.1, -0.05) is 60.7 Å². The van der Waals surface area contributed by atoms with Crippen molar-refractivity contribution in [2.75, 3.05) is 21.0 Å². The highest BCUT2D eigenvalue weighted by Crippen LogP contribution is 2.38. The maximum absolute atomic E-state index is 14.2. The Labute approximate surface area is 273 Å². The number of esters is 1. The smallest absolute Gasteiger partial charge is 0.308 e. The molecule has 1 aliphatic rings. The van der Waals surface area contributed by atoms with Crippen LogP contribution in [0.15, 0.2) is 95.4 Å². The first kappa shape index (κ1) is 31.8. The number of methoxy groups -OCH3 is 2. The van der Waals surface area contributed by atoms with Crippen LogP contribution in [0, 0.1) is 0 Å². The van der Waals surface area contributed by atoms with E-state index in [0.29, 0.717) is 30.4 Å². The predicted molar refractivity (Wildman–Crippen MR) is 179 cm³/mol. The van der Waals surface area contributed by atoms with Crippen LogP contribution in [0.1, 0.15) is 49.1 Å². The summed E-state index contributed by atoms with van der Waals surface area (Å²) in [5, 5.41) is 2.22. The Balaban J connectivity index is 1.33. The van der Waals surface area contributed by atoms with E-state index in [1.165, 1.54) is 14.2 Å². The van der Waals surface area contributed by atoms with Crippen LogP contribution in [-0.2, 0) is 25.6 Å². The number of allylic oxidation sites excluding steroid dienone is 1. The normalized spacial score (nSPS) is 14.4. The molecule has 5 aromatic rings. The maximum Gasteiger partial charge on any atom is 0.308 e. The number of para-hydroxylation sites is 2. The van der Waals surface area contributed by atoms with Gasteiger partial charge in [0.15, 0.2) is 17.1 Å². The number of ether oxygens (including phenoxy) is 4. The molecule has 0 bridgehead atoms. The molecule has 2 heterocycles. The lowest BCUT2D eigenvalue weighted by Crippen LogP contribution is -2.43. The second kappa shape index (κ2) is 14.5. The standard InChI is InChI=1S/C38H38N2O7/c1-25(40(37(41)21-30(43-2)22-38(42)44-3)23-26-15-16-27-9-4-5-10-28(27)19-26)31(29-17-18-34-35(20-29)46-24-45-34)11-8-14-36-39-32-12-6-7-13-33(32)47-36/h4-10,12-20,25,30-31H,11,21-24H2,1-3H3. The number of amides is 1. The Morgan fingerprint density at radius 1 is 0.915 bits per heavy atom. The zero-order valence-electron chi connectivity index (χ0n) is 26.8. The van der Waals surface area contributed by atoms with E-state index in [9.17, 15) is 9.59 Å². The van der Waals surface area contributed by atoms with Crippen LogP contribution in [-0.4, -0.2) is 54.9 Å². The molecule has 1 amide bonds. The van der Waals surface area contributed by atoms with Crippen molar-refractivity contribution in [1.82, 2.24) is 9.88 Å². The van der Waals surface area contributed by atoms with Gasteiger partial charge < -0.3 is 28.3 Å². The second-order valence-corrected chi connectivity index (χ2v) is 11.7. The van der Waals surface area contributed by atoms with Gasteiger partial charge in [0.05, 0.1) is 26.1 Å². The van der Waals surface area contributed by atoms with E-state index in [2.05, 4.69) is 42.2 Å². The molecule has 0 N–H and O–H groups in total. The van der Waals surface area contributed by atoms with E-state index in [1.807, 2.05) is 71.6 Å². The second-order valence-electron chi connectivity index (χ2n) is 11.7. The zero-order chi connectivity index (χ0) is 32.8. The Morgan fingerprint density at radius 2 is 1.70 bits per heavy atom. The van der Waals surface area contributed by atoms with Gasteiger partial charge in [0.2, 0.25) is 18.6 Å². The van der Waals surface area contributed by atoms with Gasteiger partial charge in [-0.25, -0.2) is 4.98 Å². The van der Waals surface area contributed by atoms with Crippen molar-refractivity contribution in [1.29, 1.82) is 0 Å². The number of hydrogen-bond acceptors (Lipinski definition) is 8. The third-order valence-electron chi connectivity index (χ3n) is 8.70. The highest BCUT2D eigenvalue weighted by molar-refractivity contribution is 5.83. The highest BCUT2D eigenvalue weighted by Gasteiger charge is 2.31. The number of aromatic nitrogens is 1. The summed E-state index contributed by atoms with van der Waals surface area (Å²) < 4.78 is 27.7. The molecule has 1 aromatic heterocycles. The first-order valence-corrected chi connectivity index (χ1v) is 15.7. The quantitative estimate of drug-likeness (QED) is 0.125. The van der Waals surface area contributed by atoms with Crippen LogP contribution in [0.3, 0.4) is 0 Å². The Hall–Kier alpha value is -5.15. The van der Waals surface area contributed by atoms with Gasteiger partial charge in [-0.05, 0) is 71.7 Å². The fourth-order valence-corrected chi connectivity index (χ4v) is 6.06. The molecule has 4 aromatic carbocycles. The Kier molecular flexibility index (Phi) is 9.83. The van der Waals surface area contributed by atoms with Crippen LogP contribution in [0.2, 0.25) is 0 Å². The molecule has 9 heteroatoms. The minimum absolute atomic E-state index is 0.0181. The molecule has 3 unspecified atom stereocenters. The Morgan fingerprint density at radius 3 is 2.51 bits per heavy atom. The van der Waals surface area contributed by atoms with E-state index in [0.717, 1.165) is 33.0 Å². The number of benzene rings is 4. The number of nitrogens with zero attached hydrogens (tertiary/aromatic N) is 2. The fourth-order valence-electron chi connectivity index (χ4n) is 6.06. The molecule has 0 saturated heterocycles. The summed E-state index contributed by atoms with van der Waals surface area (Å²) in [6, 6.07) is 27.7. The lowest BCUT2D eigenvalue weighted by molar-refractivity contribution is -0.145. The largest absolute Gasteiger partial charge is 0.469 e. The fraction of sp³-hybridized carbons (Fsp3) is 0.289. The molecule has 47 heavy (non-hydrogen) atoms. The molecule has 0 aliphatic carbocycles. The summed E-state index contributed by atoms with van der Waals surface area (Å²) in [7, 11) is 2.83. The monoisotopic (exact) mass is 634 g/mol.